The lowest BCUT2D eigenvalue weighted by molar-refractivity contribution is -0.161. The molecular formula is C14H23NO3. The van der Waals surface area contributed by atoms with Crippen molar-refractivity contribution in [1.29, 1.82) is 0 Å². The predicted octanol–water partition coefficient (Wildman–Crippen LogP) is 1.77. The lowest BCUT2D eigenvalue weighted by Crippen LogP contribution is -2.46. The maximum Gasteiger partial charge on any atom is 0.309 e. The predicted molar refractivity (Wildman–Crippen MR) is 68.2 cm³/mol. The molecule has 0 aromatic heterocycles. The molecule has 0 aromatic carbocycles. The van der Waals surface area contributed by atoms with Crippen LogP contribution in [0, 0.1) is 5.92 Å². The molecule has 18 heavy (non-hydrogen) atoms. The second kappa shape index (κ2) is 4.65. The third kappa shape index (κ3) is 2.91. The third-order valence-corrected chi connectivity index (χ3v) is 3.85. The van der Waals surface area contributed by atoms with Crippen LogP contribution in [0.2, 0.25) is 0 Å². The molecule has 1 saturated heterocycles. The summed E-state index contributed by atoms with van der Waals surface area (Å²) in [4.78, 5) is 25.2. The zero-order valence-electron chi connectivity index (χ0n) is 11.6. The lowest BCUT2D eigenvalue weighted by atomic mass is 9.95. The fourth-order valence-corrected chi connectivity index (χ4v) is 2.58. The molecule has 4 heteroatoms. The van der Waals surface area contributed by atoms with Gasteiger partial charge in [-0.25, -0.2) is 0 Å². The van der Waals surface area contributed by atoms with Gasteiger partial charge < -0.3 is 9.53 Å². The van der Waals surface area contributed by atoms with E-state index in [4.69, 9.17) is 4.74 Å². The van der Waals surface area contributed by atoms with Crippen molar-refractivity contribution in [3.63, 3.8) is 0 Å². The van der Waals surface area contributed by atoms with Gasteiger partial charge in [-0.2, -0.15) is 0 Å². The number of esters is 1. The van der Waals surface area contributed by atoms with E-state index >= 15 is 0 Å². The highest BCUT2D eigenvalue weighted by atomic mass is 16.6. The first-order valence-electron chi connectivity index (χ1n) is 6.81. The minimum atomic E-state index is -0.408. The Bertz CT molecular complexity index is 333. The smallest absolute Gasteiger partial charge is 0.309 e. The molecule has 2 fully saturated rings. The second-order valence-electron chi connectivity index (χ2n) is 6.52. The van der Waals surface area contributed by atoms with Crippen LogP contribution in [0.4, 0.5) is 0 Å². The molecule has 0 N–H and O–H groups in total. The van der Waals surface area contributed by atoms with Gasteiger partial charge in [-0.15, -0.1) is 0 Å². The van der Waals surface area contributed by atoms with Crippen LogP contribution in [-0.2, 0) is 14.3 Å². The molecule has 0 unspecified atom stereocenters. The minimum Gasteiger partial charge on any atom is -0.460 e. The average molecular weight is 253 g/mol. The zero-order chi connectivity index (χ0) is 13.4. The molecule has 4 nitrogen and oxygen atoms in total. The van der Waals surface area contributed by atoms with Crippen LogP contribution in [-0.4, -0.2) is 41.4 Å². The second-order valence-corrected chi connectivity index (χ2v) is 6.52. The molecular weight excluding hydrogens is 230 g/mol. The van der Waals surface area contributed by atoms with Gasteiger partial charge in [-0.05, 0) is 59.5 Å². The van der Waals surface area contributed by atoms with Gasteiger partial charge in [0.05, 0.1) is 11.5 Å². The first-order chi connectivity index (χ1) is 8.36. The summed E-state index contributed by atoms with van der Waals surface area (Å²) in [5.74, 6) is -0.0824. The van der Waals surface area contributed by atoms with Crippen LogP contribution in [0.1, 0.15) is 46.5 Å². The van der Waals surface area contributed by atoms with E-state index in [-0.39, 0.29) is 17.4 Å². The van der Waals surface area contributed by atoms with Gasteiger partial charge in [-0.1, -0.05) is 0 Å². The monoisotopic (exact) mass is 253 g/mol. The normalized spacial score (nSPS) is 24.6. The van der Waals surface area contributed by atoms with Crippen molar-refractivity contribution >= 4 is 12.3 Å². The van der Waals surface area contributed by atoms with E-state index in [1.54, 1.807) is 0 Å². The molecule has 2 rings (SSSR count). The minimum absolute atomic E-state index is 0.00271. The largest absolute Gasteiger partial charge is 0.460 e. The van der Waals surface area contributed by atoms with Crippen molar-refractivity contribution in [3.8, 4) is 0 Å². The van der Waals surface area contributed by atoms with Crippen molar-refractivity contribution in [2.45, 2.75) is 57.6 Å². The van der Waals surface area contributed by atoms with E-state index in [0.29, 0.717) is 0 Å². The van der Waals surface area contributed by atoms with Crippen LogP contribution >= 0.6 is 0 Å². The molecule has 2 aliphatic rings. The van der Waals surface area contributed by atoms with Crippen molar-refractivity contribution < 1.29 is 14.3 Å². The first kappa shape index (κ1) is 13.5. The average Bonchev–Trinajstić information content (AvgIpc) is 3.08. The summed E-state index contributed by atoms with van der Waals surface area (Å²) in [5, 5.41) is 0. The third-order valence-electron chi connectivity index (χ3n) is 3.85. The van der Waals surface area contributed by atoms with Crippen LogP contribution in [0.25, 0.3) is 0 Å². The van der Waals surface area contributed by atoms with Crippen molar-refractivity contribution in [2.75, 3.05) is 13.1 Å². The van der Waals surface area contributed by atoms with E-state index < -0.39 is 5.60 Å². The maximum absolute atomic E-state index is 11.9. The van der Waals surface area contributed by atoms with Gasteiger partial charge in [0, 0.05) is 0 Å². The lowest BCUT2D eigenvalue weighted by Gasteiger charge is -2.35. The van der Waals surface area contributed by atoms with Gasteiger partial charge in [0.2, 0.25) is 0 Å². The summed E-state index contributed by atoms with van der Waals surface area (Å²) in [6.45, 7) is 7.36. The SMILES string of the molecule is CC(C)(C)OC(=O)C1CCN(C2(C=O)CC2)CC1. The molecule has 0 radical (unpaired) electrons. The molecule has 1 aliphatic heterocycles. The van der Waals surface area contributed by atoms with Crippen molar-refractivity contribution in [2.24, 2.45) is 5.92 Å². The molecule has 0 spiro atoms. The Hall–Kier alpha value is -0.900. The Morgan fingerprint density at radius 3 is 2.22 bits per heavy atom. The number of rotatable bonds is 3. The molecule has 0 aromatic rings. The van der Waals surface area contributed by atoms with Gasteiger partial charge >= 0.3 is 5.97 Å². The van der Waals surface area contributed by atoms with Gasteiger partial charge in [0.1, 0.15) is 11.9 Å². The summed E-state index contributed by atoms with van der Waals surface area (Å²) in [6.07, 6.45) is 4.66. The molecule has 1 saturated carbocycles. The summed E-state index contributed by atoms with van der Waals surface area (Å²) >= 11 is 0. The van der Waals surface area contributed by atoms with Crippen LogP contribution < -0.4 is 0 Å². The number of carbonyl (C=O) groups excluding carboxylic acids is 2. The molecule has 1 heterocycles. The first-order valence-corrected chi connectivity index (χ1v) is 6.81. The summed E-state index contributed by atoms with van der Waals surface area (Å²) in [5.41, 5.74) is -0.590. The summed E-state index contributed by atoms with van der Waals surface area (Å²) < 4.78 is 5.41. The number of aldehydes is 1. The highest BCUT2D eigenvalue weighted by molar-refractivity contribution is 5.73. The number of ether oxygens (including phenoxy) is 1. The Labute approximate surface area is 109 Å². The summed E-state index contributed by atoms with van der Waals surface area (Å²) in [7, 11) is 0. The summed E-state index contributed by atoms with van der Waals surface area (Å²) in [6, 6.07) is 0. The van der Waals surface area contributed by atoms with E-state index in [1.807, 2.05) is 20.8 Å². The number of nitrogens with zero attached hydrogens (tertiary/aromatic N) is 1. The topological polar surface area (TPSA) is 46.6 Å². The fraction of sp³-hybridized carbons (Fsp3) is 0.857. The number of piperidine rings is 1. The van der Waals surface area contributed by atoms with Gasteiger partial charge in [0.15, 0.2) is 0 Å². The molecule has 0 atom stereocenters. The van der Waals surface area contributed by atoms with E-state index in [0.717, 1.165) is 45.1 Å². The molecule has 0 amide bonds. The van der Waals surface area contributed by atoms with Crippen LogP contribution in [0.5, 0.6) is 0 Å². The van der Waals surface area contributed by atoms with Crippen molar-refractivity contribution in [3.05, 3.63) is 0 Å². The highest BCUT2D eigenvalue weighted by Crippen LogP contribution is 2.41. The Balaban J connectivity index is 1.83. The van der Waals surface area contributed by atoms with Crippen LogP contribution in [0.3, 0.4) is 0 Å². The number of hydrogen-bond donors (Lipinski definition) is 0. The molecule has 0 bridgehead atoms. The van der Waals surface area contributed by atoms with E-state index in [9.17, 15) is 9.59 Å². The van der Waals surface area contributed by atoms with Crippen LogP contribution in [0.15, 0.2) is 0 Å². The standard InChI is InChI=1S/C14H23NO3/c1-13(2,3)18-12(17)11-4-8-15(9-5-11)14(10-16)6-7-14/h10-11H,4-9H2,1-3H3. The Morgan fingerprint density at radius 1 is 1.28 bits per heavy atom. The van der Waals surface area contributed by atoms with E-state index in [2.05, 4.69) is 4.90 Å². The Kier molecular flexibility index (Phi) is 3.49. The number of likely N-dealkylation sites (tertiary alicyclic amines) is 1. The van der Waals surface area contributed by atoms with Gasteiger partial charge in [-0.3, -0.25) is 9.69 Å². The maximum atomic E-state index is 11.9. The number of carbonyl (C=O) groups is 2. The molecule has 102 valence electrons. The highest BCUT2D eigenvalue weighted by Gasteiger charge is 2.49. The Morgan fingerprint density at radius 2 is 1.83 bits per heavy atom. The fourth-order valence-electron chi connectivity index (χ4n) is 2.58. The van der Waals surface area contributed by atoms with Crippen molar-refractivity contribution in [1.82, 2.24) is 4.90 Å². The molecule has 1 aliphatic carbocycles. The number of hydrogen-bond acceptors (Lipinski definition) is 4. The van der Waals surface area contributed by atoms with E-state index in [1.165, 1.54) is 0 Å². The zero-order valence-corrected chi connectivity index (χ0v) is 11.6. The van der Waals surface area contributed by atoms with Gasteiger partial charge in [0.25, 0.3) is 0 Å². The quantitative estimate of drug-likeness (QED) is 0.568.